The van der Waals surface area contributed by atoms with E-state index in [1.807, 2.05) is 18.3 Å². The van der Waals surface area contributed by atoms with Gasteiger partial charge in [-0.25, -0.2) is 9.97 Å². The second-order valence-electron chi connectivity index (χ2n) is 4.45. The van der Waals surface area contributed by atoms with Crippen LogP contribution in [0.15, 0.2) is 45.6 Å². The van der Waals surface area contributed by atoms with Crippen LogP contribution in [0.4, 0.5) is 0 Å². The normalized spacial score (nSPS) is 12.3. The maximum absolute atomic E-state index is 11.2. The van der Waals surface area contributed by atoms with E-state index in [2.05, 4.69) is 34.1 Å². The zero-order chi connectivity index (χ0) is 14.4. The first-order valence-electron chi connectivity index (χ1n) is 6.61. The first kappa shape index (κ1) is 14.7. The maximum Gasteiger partial charge on any atom is 0.251 e. The van der Waals surface area contributed by atoms with Gasteiger partial charge < -0.3 is 10.3 Å². The van der Waals surface area contributed by atoms with Crippen LogP contribution in [0.3, 0.4) is 0 Å². The summed E-state index contributed by atoms with van der Waals surface area (Å²) >= 11 is 1.34. The van der Waals surface area contributed by atoms with Crippen LogP contribution < -0.4 is 10.9 Å². The van der Waals surface area contributed by atoms with E-state index in [0.29, 0.717) is 5.16 Å². The fourth-order valence-electron chi connectivity index (χ4n) is 1.69. The molecule has 2 aromatic heterocycles. The van der Waals surface area contributed by atoms with E-state index >= 15 is 0 Å². The molecule has 1 unspecified atom stereocenters. The number of pyridine rings is 1. The molecule has 0 fully saturated rings. The van der Waals surface area contributed by atoms with E-state index in [1.54, 1.807) is 0 Å². The SMILES string of the molecule is CCCNC(C)c1ccc(Sc2nccc(=O)[nH]2)nc1. The van der Waals surface area contributed by atoms with Crippen LogP contribution in [-0.4, -0.2) is 21.5 Å². The predicted octanol–water partition coefficient (Wildman–Crippen LogP) is 2.38. The van der Waals surface area contributed by atoms with Gasteiger partial charge in [0.1, 0.15) is 5.03 Å². The number of hydrogen-bond acceptors (Lipinski definition) is 5. The minimum atomic E-state index is -0.156. The smallest absolute Gasteiger partial charge is 0.251 e. The summed E-state index contributed by atoms with van der Waals surface area (Å²) < 4.78 is 0. The Morgan fingerprint density at radius 2 is 2.20 bits per heavy atom. The maximum atomic E-state index is 11.2. The molecule has 0 radical (unpaired) electrons. The minimum absolute atomic E-state index is 0.156. The molecule has 2 N–H and O–H groups in total. The summed E-state index contributed by atoms with van der Waals surface area (Å²) in [6.07, 6.45) is 4.46. The topological polar surface area (TPSA) is 70.7 Å². The van der Waals surface area contributed by atoms with Gasteiger partial charge >= 0.3 is 0 Å². The summed E-state index contributed by atoms with van der Waals surface area (Å²) in [5.41, 5.74) is 0.994. The Morgan fingerprint density at radius 3 is 2.85 bits per heavy atom. The van der Waals surface area contributed by atoms with Crippen molar-refractivity contribution in [2.24, 2.45) is 0 Å². The van der Waals surface area contributed by atoms with E-state index in [9.17, 15) is 4.79 Å². The standard InChI is InChI=1S/C14H18N4OS/c1-3-7-15-10(2)11-4-5-13(17-9-11)20-14-16-8-6-12(19)18-14/h4-6,8-10,15H,3,7H2,1-2H3,(H,16,18,19). The second-order valence-corrected chi connectivity index (χ2v) is 5.46. The van der Waals surface area contributed by atoms with Gasteiger partial charge in [0, 0.05) is 24.5 Å². The molecule has 0 aliphatic carbocycles. The van der Waals surface area contributed by atoms with Crippen molar-refractivity contribution in [3.8, 4) is 0 Å². The molecular formula is C14H18N4OS. The summed E-state index contributed by atoms with van der Waals surface area (Å²) in [6, 6.07) is 5.67. The van der Waals surface area contributed by atoms with Crippen molar-refractivity contribution in [2.45, 2.75) is 36.5 Å². The van der Waals surface area contributed by atoms with Gasteiger partial charge in [-0.2, -0.15) is 0 Å². The van der Waals surface area contributed by atoms with Crippen molar-refractivity contribution in [3.05, 3.63) is 46.5 Å². The first-order valence-corrected chi connectivity index (χ1v) is 7.43. The molecule has 5 nitrogen and oxygen atoms in total. The minimum Gasteiger partial charge on any atom is -0.310 e. The molecule has 0 aromatic carbocycles. The summed E-state index contributed by atoms with van der Waals surface area (Å²) in [5, 5.41) is 4.78. The highest BCUT2D eigenvalue weighted by molar-refractivity contribution is 7.99. The molecule has 20 heavy (non-hydrogen) atoms. The van der Waals surface area contributed by atoms with Crippen LogP contribution in [0.5, 0.6) is 0 Å². The van der Waals surface area contributed by atoms with Crippen molar-refractivity contribution in [1.82, 2.24) is 20.3 Å². The number of nitrogens with one attached hydrogen (secondary N) is 2. The lowest BCUT2D eigenvalue weighted by atomic mass is 10.1. The van der Waals surface area contributed by atoms with Crippen molar-refractivity contribution in [3.63, 3.8) is 0 Å². The van der Waals surface area contributed by atoms with E-state index in [0.717, 1.165) is 23.6 Å². The quantitative estimate of drug-likeness (QED) is 0.799. The summed E-state index contributed by atoms with van der Waals surface area (Å²) in [6.45, 7) is 5.26. The highest BCUT2D eigenvalue weighted by Gasteiger charge is 2.06. The van der Waals surface area contributed by atoms with Gasteiger partial charge in [0.2, 0.25) is 0 Å². The average molecular weight is 290 g/mol. The van der Waals surface area contributed by atoms with Crippen LogP contribution in [0.25, 0.3) is 0 Å². The number of rotatable bonds is 6. The van der Waals surface area contributed by atoms with Crippen molar-refractivity contribution in [2.75, 3.05) is 6.54 Å². The molecular weight excluding hydrogens is 272 g/mol. The molecule has 0 aliphatic heterocycles. The van der Waals surface area contributed by atoms with E-state index in [-0.39, 0.29) is 11.6 Å². The summed E-state index contributed by atoms with van der Waals surface area (Å²) in [4.78, 5) is 22.3. The predicted molar refractivity (Wildman–Crippen MR) is 79.9 cm³/mol. The summed E-state index contributed by atoms with van der Waals surface area (Å²) in [5.74, 6) is 0. The van der Waals surface area contributed by atoms with Gasteiger partial charge in [0.25, 0.3) is 5.56 Å². The van der Waals surface area contributed by atoms with Crippen LogP contribution >= 0.6 is 11.8 Å². The molecule has 6 heteroatoms. The second kappa shape index (κ2) is 7.21. The highest BCUT2D eigenvalue weighted by Crippen LogP contribution is 2.22. The number of aromatic amines is 1. The van der Waals surface area contributed by atoms with Gasteiger partial charge in [-0.05, 0) is 43.3 Å². The number of hydrogen-bond donors (Lipinski definition) is 2. The Morgan fingerprint density at radius 1 is 1.35 bits per heavy atom. The van der Waals surface area contributed by atoms with Crippen molar-refractivity contribution in [1.29, 1.82) is 0 Å². The molecule has 0 saturated carbocycles. The van der Waals surface area contributed by atoms with Gasteiger partial charge in [0.15, 0.2) is 5.16 Å². The first-order chi connectivity index (χ1) is 9.69. The van der Waals surface area contributed by atoms with E-state index in [4.69, 9.17) is 0 Å². The van der Waals surface area contributed by atoms with Crippen LogP contribution in [-0.2, 0) is 0 Å². The zero-order valence-corrected chi connectivity index (χ0v) is 12.4. The number of aromatic nitrogens is 3. The Labute approximate surface area is 122 Å². The Bertz CT molecular complexity index is 597. The Hall–Kier alpha value is -1.66. The van der Waals surface area contributed by atoms with Crippen LogP contribution in [0, 0.1) is 0 Å². The van der Waals surface area contributed by atoms with E-state index in [1.165, 1.54) is 24.0 Å². The third-order valence-electron chi connectivity index (χ3n) is 2.81. The molecule has 106 valence electrons. The molecule has 2 heterocycles. The molecule has 0 saturated heterocycles. The highest BCUT2D eigenvalue weighted by atomic mass is 32.2. The largest absolute Gasteiger partial charge is 0.310 e. The Kier molecular flexibility index (Phi) is 5.31. The number of nitrogens with zero attached hydrogens (tertiary/aromatic N) is 2. The lowest BCUT2D eigenvalue weighted by Crippen LogP contribution is -2.19. The summed E-state index contributed by atoms with van der Waals surface area (Å²) in [7, 11) is 0. The van der Waals surface area contributed by atoms with Crippen LogP contribution in [0.1, 0.15) is 31.9 Å². The molecule has 2 rings (SSSR count). The van der Waals surface area contributed by atoms with Gasteiger partial charge in [0.05, 0.1) is 0 Å². The molecule has 0 aliphatic rings. The fraction of sp³-hybridized carbons (Fsp3) is 0.357. The van der Waals surface area contributed by atoms with Gasteiger partial charge in [-0.3, -0.25) is 4.79 Å². The lowest BCUT2D eigenvalue weighted by Gasteiger charge is -2.13. The fourth-order valence-corrected chi connectivity index (χ4v) is 2.39. The molecule has 0 amide bonds. The van der Waals surface area contributed by atoms with Gasteiger partial charge in [-0.1, -0.05) is 13.0 Å². The monoisotopic (exact) mass is 290 g/mol. The third kappa shape index (κ3) is 4.18. The van der Waals surface area contributed by atoms with E-state index < -0.39 is 0 Å². The van der Waals surface area contributed by atoms with Gasteiger partial charge in [-0.15, -0.1) is 0 Å². The van der Waals surface area contributed by atoms with Crippen LogP contribution in [0.2, 0.25) is 0 Å². The average Bonchev–Trinajstić information content (AvgIpc) is 2.45. The number of H-pyrrole nitrogens is 1. The van der Waals surface area contributed by atoms with Crippen molar-refractivity contribution >= 4 is 11.8 Å². The Balaban J connectivity index is 2.03. The van der Waals surface area contributed by atoms with Crippen molar-refractivity contribution < 1.29 is 0 Å². The zero-order valence-electron chi connectivity index (χ0n) is 11.6. The lowest BCUT2D eigenvalue weighted by molar-refractivity contribution is 0.568. The third-order valence-corrected chi connectivity index (χ3v) is 3.66. The molecule has 1 atom stereocenters. The molecule has 2 aromatic rings. The molecule has 0 bridgehead atoms. The molecule has 0 spiro atoms.